The molecule has 102 valence electrons. The van der Waals surface area contributed by atoms with E-state index in [1.54, 1.807) is 6.33 Å². The molecule has 0 saturated heterocycles. The molecular formula is C14H19ClN4. The van der Waals surface area contributed by atoms with Crippen LogP contribution in [0.1, 0.15) is 31.2 Å². The maximum Gasteiger partial charge on any atom is 0.157 e. The predicted molar refractivity (Wildman–Crippen MR) is 77.8 cm³/mol. The van der Waals surface area contributed by atoms with Gasteiger partial charge in [0.25, 0.3) is 0 Å². The summed E-state index contributed by atoms with van der Waals surface area (Å²) in [5.41, 5.74) is 2.09. The van der Waals surface area contributed by atoms with Crippen LogP contribution in [0.4, 0.5) is 5.82 Å². The van der Waals surface area contributed by atoms with Gasteiger partial charge in [0, 0.05) is 11.9 Å². The normalized spacial score (nSPS) is 23.7. The van der Waals surface area contributed by atoms with Crippen molar-refractivity contribution in [1.82, 2.24) is 14.6 Å². The minimum Gasteiger partial charge on any atom is -0.367 e. The highest BCUT2D eigenvalue weighted by atomic mass is 35.5. The number of pyridine rings is 1. The number of halogens is 1. The van der Waals surface area contributed by atoms with E-state index in [2.05, 4.69) is 28.4 Å². The fourth-order valence-electron chi connectivity index (χ4n) is 2.93. The van der Waals surface area contributed by atoms with E-state index in [0.29, 0.717) is 12.0 Å². The molecule has 2 unspecified atom stereocenters. The molecule has 0 radical (unpaired) electrons. The monoisotopic (exact) mass is 278 g/mol. The summed E-state index contributed by atoms with van der Waals surface area (Å²) in [6.07, 6.45) is 6.56. The fourth-order valence-corrected chi connectivity index (χ4v) is 3.30. The van der Waals surface area contributed by atoms with Crippen molar-refractivity contribution in [3.63, 3.8) is 0 Å². The largest absolute Gasteiger partial charge is 0.367 e. The van der Waals surface area contributed by atoms with Crippen molar-refractivity contribution in [3.8, 4) is 0 Å². The van der Waals surface area contributed by atoms with Gasteiger partial charge in [-0.05, 0) is 43.4 Å². The highest BCUT2D eigenvalue weighted by Crippen LogP contribution is 2.28. The zero-order valence-corrected chi connectivity index (χ0v) is 11.9. The van der Waals surface area contributed by atoms with Gasteiger partial charge < -0.3 is 5.32 Å². The molecule has 19 heavy (non-hydrogen) atoms. The van der Waals surface area contributed by atoms with E-state index in [4.69, 9.17) is 11.6 Å². The summed E-state index contributed by atoms with van der Waals surface area (Å²) >= 11 is 6.09. The zero-order chi connectivity index (χ0) is 13.2. The summed E-state index contributed by atoms with van der Waals surface area (Å²) in [7, 11) is 0. The molecule has 0 aromatic carbocycles. The Morgan fingerprint density at radius 3 is 3.05 bits per heavy atom. The predicted octanol–water partition coefficient (Wildman–Crippen LogP) is 3.25. The first-order valence-corrected chi connectivity index (χ1v) is 7.44. The van der Waals surface area contributed by atoms with E-state index in [1.165, 1.54) is 31.2 Å². The molecule has 0 spiro atoms. The molecule has 2 atom stereocenters. The highest BCUT2D eigenvalue weighted by Gasteiger charge is 2.24. The number of nitrogens with one attached hydrogen (secondary N) is 1. The number of alkyl halides is 1. The third kappa shape index (κ3) is 2.54. The van der Waals surface area contributed by atoms with Crippen LogP contribution < -0.4 is 5.32 Å². The third-order valence-electron chi connectivity index (χ3n) is 3.96. The molecule has 3 rings (SSSR count). The Morgan fingerprint density at radius 2 is 2.21 bits per heavy atom. The van der Waals surface area contributed by atoms with Gasteiger partial charge in [-0.1, -0.05) is 12.8 Å². The molecule has 1 fully saturated rings. The first-order valence-electron chi connectivity index (χ1n) is 6.91. The molecule has 1 aliphatic rings. The van der Waals surface area contributed by atoms with Crippen molar-refractivity contribution in [3.05, 3.63) is 24.0 Å². The quantitative estimate of drug-likeness (QED) is 0.877. The number of aromatic nitrogens is 3. The molecule has 2 heterocycles. The summed E-state index contributed by atoms with van der Waals surface area (Å²) in [5, 5.41) is 7.91. The summed E-state index contributed by atoms with van der Waals surface area (Å²) in [6.45, 7) is 2.08. The lowest BCUT2D eigenvalue weighted by Crippen LogP contribution is -2.34. The van der Waals surface area contributed by atoms with Crippen molar-refractivity contribution in [1.29, 1.82) is 0 Å². The minimum atomic E-state index is 0.445. The maximum absolute atomic E-state index is 6.09. The Balaban J connectivity index is 1.89. The van der Waals surface area contributed by atoms with Crippen molar-refractivity contribution >= 4 is 23.1 Å². The van der Waals surface area contributed by atoms with Gasteiger partial charge in [0.05, 0.1) is 0 Å². The molecular weight excluding hydrogens is 260 g/mol. The van der Waals surface area contributed by atoms with E-state index in [0.717, 1.165) is 17.3 Å². The lowest BCUT2D eigenvalue weighted by Gasteiger charge is -2.31. The number of aryl methyl sites for hydroxylation is 1. The first kappa shape index (κ1) is 12.7. The molecule has 0 amide bonds. The number of anilines is 1. The van der Waals surface area contributed by atoms with E-state index in [-0.39, 0.29) is 0 Å². The van der Waals surface area contributed by atoms with Crippen LogP contribution >= 0.6 is 11.6 Å². The average molecular weight is 279 g/mol. The smallest absolute Gasteiger partial charge is 0.157 e. The van der Waals surface area contributed by atoms with Crippen LogP contribution in [-0.4, -0.2) is 26.5 Å². The van der Waals surface area contributed by atoms with Crippen molar-refractivity contribution in [2.24, 2.45) is 5.92 Å². The highest BCUT2D eigenvalue weighted by molar-refractivity contribution is 6.18. The summed E-state index contributed by atoms with van der Waals surface area (Å²) < 4.78 is 1.87. The maximum atomic E-state index is 6.09. The Labute approximate surface area is 118 Å². The molecule has 0 bridgehead atoms. The fraction of sp³-hybridized carbons (Fsp3) is 0.571. The van der Waals surface area contributed by atoms with E-state index >= 15 is 0 Å². The van der Waals surface area contributed by atoms with Crippen LogP contribution in [0, 0.1) is 12.8 Å². The van der Waals surface area contributed by atoms with Crippen LogP contribution in [0.2, 0.25) is 0 Å². The number of hydrogen-bond acceptors (Lipinski definition) is 3. The van der Waals surface area contributed by atoms with Crippen LogP contribution in [0.15, 0.2) is 18.5 Å². The average Bonchev–Trinajstić information content (AvgIpc) is 2.87. The van der Waals surface area contributed by atoms with Gasteiger partial charge in [-0.15, -0.1) is 11.6 Å². The SMILES string of the molecule is Cc1cc(NC2CCCCC2CCl)n2ncnc2c1. The molecule has 0 aliphatic heterocycles. The Hall–Kier alpha value is -1.29. The molecule has 2 aromatic rings. The lowest BCUT2D eigenvalue weighted by molar-refractivity contribution is 0.352. The van der Waals surface area contributed by atoms with Gasteiger partial charge in [-0.25, -0.2) is 4.98 Å². The van der Waals surface area contributed by atoms with Crippen LogP contribution in [0.5, 0.6) is 0 Å². The summed E-state index contributed by atoms with van der Waals surface area (Å²) in [6, 6.07) is 4.61. The van der Waals surface area contributed by atoms with Gasteiger partial charge >= 0.3 is 0 Å². The molecule has 1 saturated carbocycles. The van der Waals surface area contributed by atoms with E-state index < -0.39 is 0 Å². The number of rotatable bonds is 3. The second-order valence-corrected chi connectivity index (χ2v) is 5.71. The van der Waals surface area contributed by atoms with E-state index in [9.17, 15) is 0 Å². The van der Waals surface area contributed by atoms with Crippen molar-refractivity contribution in [2.45, 2.75) is 38.6 Å². The second-order valence-electron chi connectivity index (χ2n) is 5.40. The molecule has 5 heteroatoms. The lowest BCUT2D eigenvalue weighted by atomic mass is 9.86. The van der Waals surface area contributed by atoms with Gasteiger partial charge in [0.1, 0.15) is 12.1 Å². The van der Waals surface area contributed by atoms with Gasteiger partial charge in [0.2, 0.25) is 0 Å². The topological polar surface area (TPSA) is 42.2 Å². The molecule has 1 aliphatic carbocycles. The number of nitrogens with zero attached hydrogens (tertiary/aromatic N) is 3. The van der Waals surface area contributed by atoms with Crippen molar-refractivity contribution in [2.75, 3.05) is 11.2 Å². The van der Waals surface area contributed by atoms with Crippen LogP contribution in [0.3, 0.4) is 0 Å². The minimum absolute atomic E-state index is 0.445. The Bertz CT molecular complexity index is 566. The molecule has 2 aromatic heterocycles. The van der Waals surface area contributed by atoms with Crippen molar-refractivity contribution < 1.29 is 0 Å². The van der Waals surface area contributed by atoms with Gasteiger partial charge in [0.15, 0.2) is 5.65 Å². The third-order valence-corrected chi connectivity index (χ3v) is 4.36. The number of fused-ring (bicyclic) bond motifs is 1. The molecule has 4 nitrogen and oxygen atoms in total. The Kier molecular flexibility index (Phi) is 3.60. The summed E-state index contributed by atoms with van der Waals surface area (Å²) in [4.78, 5) is 4.26. The van der Waals surface area contributed by atoms with Crippen LogP contribution in [-0.2, 0) is 0 Å². The van der Waals surface area contributed by atoms with Crippen LogP contribution in [0.25, 0.3) is 5.65 Å². The van der Waals surface area contributed by atoms with E-state index in [1.807, 2.05) is 10.6 Å². The van der Waals surface area contributed by atoms with Gasteiger partial charge in [-0.2, -0.15) is 9.61 Å². The second kappa shape index (κ2) is 5.37. The Morgan fingerprint density at radius 1 is 1.37 bits per heavy atom. The zero-order valence-electron chi connectivity index (χ0n) is 11.1. The standard InChI is InChI=1S/C14H19ClN4/c1-10-6-13-16-9-17-19(13)14(7-10)18-12-5-3-2-4-11(12)8-15/h6-7,9,11-12,18H,2-5,8H2,1H3. The molecule has 1 N–H and O–H groups in total. The number of hydrogen-bond donors (Lipinski definition) is 1. The first-order chi connectivity index (χ1) is 9.28. The summed E-state index contributed by atoms with van der Waals surface area (Å²) in [5.74, 6) is 2.30. The van der Waals surface area contributed by atoms with Gasteiger partial charge in [-0.3, -0.25) is 0 Å².